The molecule has 28 heavy (non-hydrogen) atoms. The third-order valence-electron chi connectivity index (χ3n) is 5.03. The van der Waals surface area contributed by atoms with Gasteiger partial charge in [0, 0.05) is 29.5 Å². The number of halogens is 1. The van der Waals surface area contributed by atoms with E-state index in [1.54, 1.807) is 13.0 Å². The van der Waals surface area contributed by atoms with Gasteiger partial charge in [0.05, 0.1) is 23.2 Å². The Labute approximate surface area is 162 Å². The number of carbonyl (C=O) groups is 1. The summed E-state index contributed by atoms with van der Waals surface area (Å²) in [6, 6.07) is 2.80. The largest absolute Gasteiger partial charge is 0.354 e. The van der Waals surface area contributed by atoms with Gasteiger partial charge in [0.15, 0.2) is 0 Å². The molecule has 0 unspecified atom stereocenters. The topological polar surface area (TPSA) is 105 Å². The smallest absolute Gasteiger partial charge is 0.270 e. The Morgan fingerprint density at radius 3 is 2.75 bits per heavy atom. The van der Waals surface area contributed by atoms with Crippen LogP contribution in [0.4, 0.5) is 4.39 Å². The van der Waals surface area contributed by atoms with Crippen molar-refractivity contribution in [2.75, 3.05) is 7.05 Å². The van der Waals surface area contributed by atoms with Crippen LogP contribution in [0.1, 0.15) is 46.1 Å². The van der Waals surface area contributed by atoms with E-state index in [0.29, 0.717) is 27.6 Å². The van der Waals surface area contributed by atoms with E-state index in [0.717, 1.165) is 18.5 Å². The molecule has 0 spiro atoms. The minimum Gasteiger partial charge on any atom is -0.354 e. The van der Waals surface area contributed by atoms with Crippen molar-refractivity contribution in [2.24, 2.45) is 0 Å². The highest BCUT2D eigenvalue weighted by atomic mass is 32.2. The Morgan fingerprint density at radius 2 is 2.11 bits per heavy atom. The highest BCUT2D eigenvalue weighted by molar-refractivity contribution is 7.71. The molecule has 4 rings (SSSR count). The van der Waals surface area contributed by atoms with Gasteiger partial charge in [0.1, 0.15) is 22.2 Å². The molecule has 0 radical (unpaired) electrons. The maximum Gasteiger partial charge on any atom is 0.270 e. The second kappa shape index (κ2) is 6.97. The van der Waals surface area contributed by atoms with Gasteiger partial charge in [-0.2, -0.15) is 5.10 Å². The summed E-state index contributed by atoms with van der Waals surface area (Å²) in [5.74, 6) is -0.980. The van der Waals surface area contributed by atoms with Crippen molar-refractivity contribution in [1.29, 1.82) is 0 Å². The number of benzene rings is 1. The van der Waals surface area contributed by atoms with Crippen LogP contribution in [-0.4, -0.2) is 36.6 Å². The molecular formula is C19H19FN4O3S. The zero-order chi connectivity index (χ0) is 20.0. The fourth-order valence-corrected chi connectivity index (χ4v) is 4.09. The van der Waals surface area contributed by atoms with Gasteiger partial charge >= 0.3 is 0 Å². The normalized spacial score (nSPS) is 14.0. The number of aryl methyl sites for hydroxylation is 1. The number of carbonyl (C=O) groups excluding carboxylic acids is 1. The van der Waals surface area contributed by atoms with Crippen LogP contribution in [0.25, 0.3) is 22.0 Å². The summed E-state index contributed by atoms with van der Waals surface area (Å²) < 4.78 is 37.3. The molecule has 1 aliphatic carbocycles. The third kappa shape index (κ3) is 3.15. The van der Waals surface area contributed by atoms with E-state index >= 15 is 4.39 Å². The monoisotopic (exact) mass is 402 g/mol. The van der Waals surface area contributed by atoms with E-state index in [4.69, 9.17) is 0 Å². The van der Waals surface area contributed by atoms with Crippen LogP contribution in [0.15, 0.2) is 18.3 Å². The van der Waals surface area contributed by atoms with Gasteiger partial charge in [-0.25, -0.2) is 17.8 Å². The van der Waals surface area contributed by atoms with Crippen molar-refractivity contribution in [1.82, 2.24) is 20.5 Å². The van der Waals surface area contributed by atoms with E-state index < -0.39 is 22.4 Å². The number of rotatable bonds is 5. The molecule has 146 valence electrons. The highest BCUT2D eigenvalue weighted by Gasteiger charge is 2.31. The summed E-state index contributed by atoms with van der Waals surface area (Å²) >= 11 is 0. The van der Waals surface area contributed by atoms with Gasteiger partial charge in [0.25, 0.3) is 5.91 Å². The molecule has 1 fully saturated rings. The number of thiol groups is 1. The summed E-state index contributed by atoms with van der Waals surface area (Å²) in [4.78, 5) is 16.7. The van der Waals surface area contributed by atoms with Crippen LogP contribution in [-0.2, 0) is 16.5 Å². The minimum absolute atomic E-state index is 0.110. The predicted molar refractivity (Wildman–Crippen MR) is 103 cm³/mol. The molecule has 0 aliphatic heterocycles. The quantitative estimate of drug-likeness (QED) is 0.569. The Kier molecular flexibility index (Phi) is 4.62. The maximum atomic E-state index is 15.1. The Hall–Kier alpha value is -2.81. The van der Waals surface area contributed by atoms with Crippen LogP contribution in [0, 0.1) is 12.7 Å². The first-order valence-corrected chi connectivity index (χ1v) is 10.3. The first-order chi connectivity index (χ1) is 13.4. The second-order valence-corrected chi connectivity index (χ2v) is 7.96. The molecule has 1 saturated carbocycles. The van der Waals surface area contributed by atoms with Gasteiger partial charge in [-0.3, -0.25) is 9.89 Å². The zero-order valence-electron chi connectivity index (χ0n) is 15.4. The summed E-state index contributed by atoms with van der Waals surface area (Å²) in [6.07, 6.45) is 3.52. The maximum absolute atomic E-state index is 15.1. The van der Waals surface area contributed by atoms with Crippen molar-refractivity contribution in [3.8, 4) is 11.1 Å². The number of aromatic nitrogens is 3. The number of nitrogens with one attached hydrogen (secondary N) is 2. The van der Waals surface area contributed by atoms with Crippen molar-refractivity contribution < 1.29 is 17.6 Å². The summed E-state index contributed by atoms with van der Waals surface area (Å²) in [5.41, 5.74) is 3.17. The number of hydrogen-bond acceptors (Lipinski definition) is 5. The van der Waals surface area contributed by atoms with Crippen LogP contribution in [0.5, 0.6) is 0 Å². The highest BCUT2D eigenvalue weighted by Crippen LogP contribution is 2.45. The molecule has 1 aromatic carbocycles. The third-order valence-corrected chi connectivity index (χ3v) is 5.63. The number of hydrogen-bond donors (Lipinski definition) is 3. The molecule has 0 saturated heterocycles. The Bertz CT molecular complexity index is 1170. The van der Waals surface area contributed by atoms with Crippen LogP contribution >= 0.6 is 0 Å². The first kappa shape index (κ1) is 18.5. The average Bonchev–Trinajstić information content (AvgIpc) is 3.41. The van der Waals surface area contributed by atoms with Crippen molar-refractivity contribution >= 4 is 27.5 Å². The number of H-pyrrole nitrogens is 1. The van der Waals surface area contributed by atoms with Gasteiger partial charge in [-0.05, 0) is 43.0 Å². The molecule has 2 aromatic heterocycles. The van der Waals surface area contributed by atoms with E-state index in [1.807, 2.05) is 0 Å². The van der Waals surface area contributed by atoms with Gasteiger partial charge in [0.2, 0.25) is 0 Å². The SMILES string of the molecule is CNC(=O)c1ncc2[nH]nc(C3CC3)c2c1-c1cc(C)c(C[SH](=O)=O)cc1F. The molecule has 1 aliphatic rings. The summed E-state index contributed by atoms with van der Waals surface area (Å²) in [7, 11) is -1.18. The molecule has 2 N–H and O–H groups in total. The van der Waals surface area contributed by atoms with Crippen molar-refractivity contribution in [3.05, 3.63) is 46.7 Å². The number of aromatic amines is 1. The van der Waals surface area contributed by atoms with Gasteiger partial charge < -0.3 is 5.32 Å². The molecule has 3 aromatic rings. The van der Waals surface area contributed by atoms with Crippen LogP contribution < -0.4 is 5.32 Å². The van der Waals surface area contributed by atoms with E-state index in [-0.39, 0.29) is 22.9 Å². The number of fused-ring (bicyclic) bond motifs is 1. The fourth-order valence-electron chi connectivity index (χ4n) is 3.47. The lowest BCUT2D eigenvalue weighted by atomic mass is 9.94. The lowest BCUT2D eigenvalue weighted by molar-refractivity contribution is 0.0959. The lowest BCUT2D eigenvalue weighted by Crippen LogP contribution is -2.20. The average molecular weight is 402 g/mol. The molecule has 7 nitrogen and oxygen atoms in total. The fraction of sp³-hybridized carbons (Fsp3) is 0.316. The molecule has 0 bridgehead atoms. The minimum atomic E-state index is -2.67. The van der Waals surface area contributed by atoms with E-state index in [2.05, 4.69) is 20.5 Å². The second-order valence-electron chi connectivity index (χ2n) is 6.98. The standard InChI is InChI=1S/C19H19FN4O3S/c1-9-5-12(13(20)6-11(9)8-28(26)27)15-16-14(7-22-18(15)19(25)21-2)23-24-17(16)10-3-4-10/h5-7,10,28H,3-4,8H2,1-2H3,(H,21,25)(H,23,24). The molecule has 2 heterocycles. The van der Waals surface area contributed by atoms with Crippen molar-refractivity contribution in [2.45, 2.75) is 31.4 Å². The Balaban J connectivity index is 2.03. The number of amides is 1. The lowest BCUT2D eigenvalue weighted by Gasteiger charge is -2.14. The summed E-state index contributed by atoms with van der Waals surface area (Å²) in [5, 5.41) is 10.5. The van der Waals surface area contributed by atoms with Crippen LogP contribution in [0.3, 0.4) is 0 Å². The van der Waals surface area contributed by atoms with Crippen LogP contribution in [0.2, 0.25) is 0 Å². The van der Waals surface area contributed by atoms with E-state index in [1.165, 1.54) is 19.3 Å². The number of nitrogens with zero attached hydrogens (tertiary/aromatic N) is 2. The van der Waals surface area contributed by atoms with E-state index in [9.17, 15) is 13.2 Å². The molecule has 9 heteroatoms. The summed E-state index contributed by atoms with van der Waals surface area (Å²) in [6.45, 7) is 1.72. The van der Waals surface area contributed by atoms with Gasteiger partial charge in [-0.1, -0.05) is 0 Å². The van der Waals surface area contributed by atoms with Gasteiger partial charge in [-0.15, -0.1) is 0 Å². The zero-order valence-corrected chi connectivity index (χ0v) is 16.3. The molecular weight excluding hydrogens is 383 g/mol. The first-order valence-electron chi connectivity index (χ1n) is 8.91. The molecule has 0 atom stereocenters. The predicted octanol–water partition coefficient (Wildman–Crippen LogP) is 2.42. The molecule has 1 amide bonds. The Morgan fingerprint density at radius 1 is 1.36 bits per heavy atom. The van der Waals surface area contributed by atoms with Crippen molar-refractivity contribution in [3.63, 3.8) is 0 Å². The number of pyridine rings is 1.